The molecule has 0 amide bonds. The Morgan fingerprint density at radius 3 is 2.50 bits per heavy atom. The van der Waals surface area contributed by atoms with Crippen molar-refractivity contribution in [1.82, 2.24) is 0 Å². The molecule has 0 nitrogen and oxygen atoms in total. The first-order valence-electron chi connectivity index (χ1n) is 7.45. The number of aryl methyl sites for hydroxylation is 1. The molecule has 2 rings (SSSR count). The largest absolute Gasteiger partial charge is 0.0804 e. The van der Waals surface area contributed by atoms with Gasteiger partial charge in [-0.25, -0.2) is 0 Å². The fraction of sp³-hybridized carbons (Fsp3) is 0.556. The summed E-state index contributed by atoms with van der Waals surface area (Å²) in [7, 11) is 0. The van der Waals surface area contributed by atoms with E-state index < -0.39 is 0 Å². The molecule has 98 valence electrons. The van der Waals surface area contributed by atoms with Crippen molar-refractivity contribution in [3.8, 4) is 0 Å². The third kappa shape index (κ3) is 3.48. The molecule has 0 aliphatic heterocycles. The molecular weight excluding hydrogens is 216 g/mol. The van der Waals surface area contributed by atoms with Crippen LogP contribution in [-0.4, -0.2) is 0 Å². The van der Waals surface area contributed by atoms with Crippen molar-refractivity contribution in [3.63, 3.8) is 0 Å². The summed E-state index contributed by atoms with van der Waals surface area (Å²) in [6.07, 6.45) is 9.15. The maximum Gasteiger partial charge on any atom is -0.0228 e. The van der Waals surface area contributed by atoms with Gasteiger partial charge in [0.1, 0.15) is 0 Å². The number of hydrogen-bond acceptors (Lipinski definition) is 0. The van der Waals surface area contributed by atoms with E-state index in [0.29, 0.717) is 0 Å². The van der Waals surface area contributed by atoms with Gasteiger partial charge in [-0.15, -0.1) is 0 Å². The zero-order chi connectivity index (χ0) is 13.0. The highest BCUT2D eigenvalue weighted by molar-refractivity contribution is 5.66. The van der Waals surface area contributed by atoms with E-state index in [1.54, 1.807) is 5.57 Å². The summed E-state index contributed by atoms with van der Waals surface area (Å²) in [4.78, 5) is 0. The van der Waals surface area contributed by atoms with E-state index in [0.717, 1.165) is 11.8 Å². The Morgan fingerprint density at radius 2 is 1.94 bits per heavy atom. The van der Waals surface area contributed by atoms with Crippen LogP contribution in [0.1, 0.15) is 57.1 Å². The van der Waals surface area contributed by atoms with Crippen molar-refractivity contribution in [3.05, 3.63) is 41.5 Å². The molecule has 0 fully saturated rings. The summed E-state index contributed by atoms with van der Waals surface area (Å²) < 4.78 is 0. The van der Waals surface area contributed by atoms with Crippen molar-refractivity contribution in [2.45, 2.75) is 52.9 Å². The second-order valence-corrected chi connectivity index (χ2v) is 5.98. The number of hydrogen-bond donors (Lipinski definition) is 0. The first kappa shape index (κ1) is 13.4. The lowest BCUT2D eigenvalue weighted by Gasteiger charge is -2.24. The van der Waals surface area contributed by atoms with Gasteiger partial charge in [0, 0.05) is 0 Å². The first-order valence-corrected chi connectivity index (χ1v) is 7.45. The van der Waals surface area contributed by atoms with Crippen LogP contribution in [0.5, 0.6) is 0 Å². The van der Waals surface area contributed by atoms with E-state index >= 15 is 0 Å². The first-order chi connectivity index (χ1) is 8.69. The highest BCUT2D eigenvalue weighted by atomic mass is 14.2. The molecule has 0 heteroatoms. The van der Waals surface area contributed by atoms with Crippen LogP contribution >= 0.6 is 0 Å². The van der Waals surface area contributed by atoms with Crippen molar-refractivity contribution >= 4 is 5.57 Å². The van der Waals surface area contributed by atoms with E-state index in [1.807, 2.05) is 0 Å². The summed E-state index contributed by atoms with van der Waals surface area (Å²) in [5.41, 5.74) is 4.35. The zero-order valence-corrected chi connectivity index (χ0v) is 12.1. The van der Waals surface area contributed by atoms with Gasteiger partial charge in [-0.2, -0.15) is 0 Å². The molecule has 0 radical (unpaired) electrons. The van der Waals surface area contributed by atoms with Crippen molar-refractivity contribution in [2.24, 2.45) is 11.8 Å². The Bertz CT molecular complexity index is 397. The fourth-order valence-corrected chi connectivity index (χ4v) is 2.87. The highest BCUT2D eigenvalue weighted by Crippen LogP contribution is 2.33. The Labute approximate surface area is 112 Å². The van der Waals surface area contributed by atoms with E-state index in [1.165, 1.54) is 43.2 Å². The second kappa shape index (κ2) is 6.22. The molecule has 2 atom stereocenters. The minimum Gasteiger partial charge on any atom is -0.0804 e. The lowest BCUT2D eigenvalue weighted by molar-refractivity contribution is 0.362. The average Bonchev–Trinajstić information content (AvgIpc) is 2.40. The molecular formula is C18H26. The third-order valence-electron chi connectivity index (χ3n) is 4.37. The predicted octanol–water partition coefficient (Wildman–Crippen LogP) is 5.61. The number of allylic oxidation sites excluding steroid dienone is 2. The van der Waals surface area contributed by atoms with Gasteiger partial charge < -0.3 is 0 Å². The summed E-state index contributed by atoms with van der Waals surface area (Å²) in [5.74, 6) is 1.82. The van der Waals surface area contributed by atoms with Gasteiger partial charge in [0.2, 0.25) is 0 Å². The van der Waals surface area contributed by atoms with Gasteiger partial charge in [0.25, 0.3) is 0 Å². The molecule has 1 aromatic rings. The van der Waals surface area contributed by atoms with Crippen LogP contribution in [0.2, 0.25) is 0 Å². The fourth-order valence-electron chi connectivity index (χ4n) is 2.87. The van der Waals surface area contributed by atoms with Crippen LogP contribution in [0.4, 0.5) is 0 Å². The molecule has 0 bridgehead atoms. The molecule has 2 unspecified atom stereocenters. The number of rotatable bonds is 4. The molecule has 0 spiro atoms. The highest BCUT2D eigenvalue weighted by Gasteiger charge is 2.17. The Balaban J connectivity index is 1.96. The van der Waals surface area contributed by atoms with E-state index in [-0.39, 0.29) is 0 Å². The summed E-state index contributed by atoms with van der Waals surface area (Å²) in [6, 6.07) is 9.00. The number of benzene rings is 1. The second-order valence-electron chi connectivity index (χ2n) is 5.98. The minimum absolute atomic E-state index is 0.893. The topological polar surface area (TPSA) is 0 Å². The average molecular weight is 242 g/mol. The molecule has 1 aromatic carbocycles. The molecule has 18 heavy (non-hydrogen) atoms. The Hall–Kier alpha value is -1.04. The molecule has 1 aliphatic carbocycles. The normalized spacial score (nSPS) is 21.5. The molecule has 0 heterocycles. The monoisotopic (exact) mass is 242 g/mol. The lowest BCUT2D eigenvalue weighted by Crippen LogP contribution is -2.09. The van der Waals surface area contributed by atoms with Crippen LogP contribution in [-0.2, 0) is 0 Å². The standard InChI is InChI=1S/C18H26/c1-4-14(2)13-16-7-11-18(12-8-16)17-9-5-15(3)6-10-17/h5-6,9-11,14,16H,4,7-8,12-13H2,1-3H3. The Kier molecular flexibility index (Phi) is 4.63. The van der Waals surface area contributed by atoms with Crippen molar-refractivity contribution in [2.75, 3.05) is 0 Å². The van der Waals surface area contributed by atoms with Crippen LogP contribution < -0.4 is 0 Å². The summed E-state index contributed by atoms with van der Waals surface area (Å²) >= 11 is 0. The predicted molar refractivity (Wildman–Crippen MR) is 80.6 cm³/mol. The smallest absolute Gasteiger partial charge is 0.0228 e. The SMILES string of the molecule is CCC(C)CC1CC=C(c2ccc(C)cc2)CC1. The Morgan fingerprint density at radius 1 is 1.22 bits per heavy atom. The van der Waals surface area contributed by atoms with Gasteiger partial charge in [0.15, 0.2) is 0 Å². The van der Waals surface area contributed by atoms with Gasteiger partial charge in [0.05, 0.1) is 0 Å². The van der Waals surface area contributed by atoms with Crippen LogP contribution in [0, 0.1) is 18.8 Å². The molecule has 0 N–H and O–H groups in total. The summed E-state index contributed by atoms with van der Waals surface area (Å²) in [6.45, 7) is 6.85. The van der Waals surface area contributed by atoms with Crippen molar-refractivity contribution < 1.29 is 0 Å². The van der Waals surface area contributed by atoms with Crippen LogP contribution in [0.25, 0.3) is 5.57 Å². The zero-order valence-electron chi connectivity index (χ0n) is 12.1. The van der Waals surface area contributed by atoms with Gasteiger partial charge >= 0.3 is 0 Å². The quantitative estimate of drug-likeness (QED) is 0.643. The molecule has 0 saturated carbocycles. The van der Waals surface area contributed by atoms with E-state index in [2.05, 4.69) is 51.1 Å². The van der Waals surface area contributed by atoms with E-state index in [4.69, 9.17) is 0 Å². The van der Waals surface area contributed by atoms with Crippen molar-refractivity contribution in [1.29, 1.82) is 0 Å². The van der Waals surface area contributed by atoms with Gasteiger partial charge in [-0.3, -0.25) is 0 Å². The third-order valence-corrected chi connectivity index (χ3v) is 4.37. The minimum atomic E-state index is 0.893. The van der Waals surface area contributed by atoms with Crippen LogP contribution in [0.15, 0.2) is 30.3 Å². The molecule has 1 aliphatic rings. The van der Waals surface area contributed by atoms with Gasteiger partial charge in [-0.1, -0.05) is 56.2 Å². The molecule has 0 saturated heterocycles. The lowest BCUT2D eigenvalue weighted by atomic mass is 9.81. The van der Waals surface area contributed by atoms with Gasteiger partial charge in [-0.05, 0) is 55.6 Å². The maximum atomic E-state index is 2.49. The maximum absolute atomic E-state index is 2.49. The van der Waals surface area contributed by atoms with Crippen LogP contribution in [0.3, 0.4) is 0 Å². The van der Waals surface area contributed by atoms with E-state index in [9.17, 15) is 0 Å². The summed E-state index contributed by atoms with van der Waals surface area (Å²) in [5, 5.41) is 0. The molecule has 0 aromatic heterocycles.